The summed E-state index contributed by atoms with van der Waals surface area (Å²) in [4.78, 5) is 12.2. The van der Waals surface area contributed by atoms with Crippen LogP contribution in [0.4, 0.5) is 17.6 Å². The molecule has 1 fully saturated rings. The van der Waals surface area contributed by atoms with Crippen LogP contribution in [0, 0.1) is 5.82 Å². The van der Waals surface area contributed by atoms with Crippen LogP contribution in [0.5, 0.6) is 0 Å². The molecule has 2 N–H and O–H groups in total. The first kappa shape index (κ1) is 26.4. The number of alkyl halides is 3. The Bertz CT molecular complexity index is 902. The smallest absolute Gasteiger partial charge is 0.381 e. The first-order valence-electron chi connectivity index (χ1n) is 9.87. The lowest BCUT2D eigenvalue weighted by atomic mass is 10.1. The predicted molar refractivity (Wildman–Crippen MR) is 113 cm³/mol. The van der Waals surface area contributed by atoms with Gasteiger partial charge in [0.1, 0.15) is 11.5 Å². The number of carbonyl (C=O) groups is 1. The standard InChI is InChI=1S/C20H23ClF4N4O2.ClH/c21-17-10-15(22)2-1-13(17)11-27-18(30)9-14-12-28-29(19(14)20(23,24)25)6-5-26-16-3-7-31-8-4-16;/h1-2,10,12,16,26H,3-9,11H2,(H,27,30);1H. The van der Waals surface area contributed by atoms with Crippen LogP contribution < -0.4 is 10.6 Å². The van der Waals surface area contributed by atoms with Crippen LogP contribution in [-0.4, -0.2) is 41.5 Å². The fourth-order valence-electron chi connectivity index (χ4n) is 3.42. The molecule has 0 unspecified atom stereocenters. The lowest BCUT2D eigenvalue weighted by Gasteiger charge is -2.23. The molecule has 0 bridgehead atoms. The third-order valence-corrected chi connectivity index (χ3v) is 5.36. The van der Waals surface area contributed by atoms with E-state index in [1.165, 1.54) is 12.1 Å². The van der Waals surface area contributed by atoms with E-state index < -0.39 is 30.0 Å². The molecule has 0 radical (unpaired) electrons. The molecule has 1 aromatic carbocycles. The minimum absolute atomic E-state index is 0. The second-order valence-electron chi connectivity index (χ2n) is 7.27. The molecule has 178 valence electrons. The molecule has 0 aliphatic carbocycles. The number of hydrogen-bond acceptors (Lipinski definition) is 4. The number of aromatic nitrogens is 2. The van der Waals surface area contributed by atoms with Gasteiger partial charge >= 0.3 is 6.18 Å². The molecule has 12 heteroatoms. The minimum atomic E-state index is -4.65. The van der Waals surface area contributed by atoms with Crippen LogP contribution in [0.1, 0.15) is 29.7 Å². The molecule has 2 aromatic rings. The Balaban J connectivity index is 0.00000363. The summed E-state index contributed by atoms with van der Waals surface area (Å²) >= 11 is 5.90. The van der Waals surface area contributed by atoms with Gasteiger partial charge < -0.3 is 15.4 Å². The van der Waals surface area contributed by atoms with Gasteiger partial charge in [0.05, 0.1) is 19.2 Å². The van der Waals surface area contributed by atoms with E-state index in [0.29, 0.717) is 25.3 Å². The maximum Gasteiger partial charge on any atom is 0.433 e. The molecule has 1 aliphatic heterocycles. The lowest BCUT2D eigenvalue weighted by Crippen LogP contribution is -2.37. The number of amides is 1. The van der Waals surface area contributed by atoms with Crippen molar-refractivity contribution in [2.75, 3.05) is 19.8 Å². The largest absolute Gasteiger partial charge is 0.433 e. The number of nitrogens with zero attached hydrogens (tertiary/aromatic N) is 2. The fourth-order valence-corrected chi connectivity index (χ4v) is 3.66. The molecule has 0 saturated carbocycles. The zero-order valence-corrected chi connectivity index (χ0v) is 18.6. The highest BCUT2D eigenvalue weighted by molar-refractivity contribution is 6.31. The Hall–Kier alpha value is -1.88. The molecule has 0 spiro atoms. The van der Waals surface area contributed by atoms with E-state index in [-0.39, 0.29) is 42.1 Å². The molecule has 1 saturated heterocycles. The first-order chi connectivity index (χ1) is 14.7. The van der Waals surface area contributed by atoms with Crippen molar-refractivity contribution in [2.24, 2.45) is 0 Å². The van der Waals surface area contributed by atoms with Crippen molar-refractivity contribution < 1.29 is 27.1 Å². The third kappa shape index (κ3) is 7.33. The van der Waals surface area contributed by atoms with E-state index >= 15 is 0 Å². The van der Waals surface area contributed by atoms with Crippen molar-refractivity contribution in [1.82, 2.24) is 20.4 Å². The van der Waals surface area contributed by atoms with E-state index in [9.17, 15) is 22.4 Å². The Morgan fingerprint density at radius 2 is 1.97 bits per heavy atom. The van der Waals surface area contributed by atoms with Crippen molar-refractivity contribution in [3.05, 3.63) is 52.1 Å². The van der Waals surface area contributed by atoms with Crippen molar-refractivity contribution in [2.45, 2.75) is 44.6 Å². The van der Waals surface area contributed by atoms with Crippen molar-refractivity contribution in [3.8, 4) is 0 Å². The van der Waals surface area contributed by atoms with Gasteiger partial charge in [0.25, 0.3) is 0 Å². The summed E-state index contributed by atoms with van der Waals surface area (Å²) in [7, 11) is 0. The number of carbonyl (C=O) groups excluding carboxylic acids is 1. The monoisotopic (exact) mass is 498 g/mol. The molecule has 6 nitrogen and oxygen atoms in total. The summed E-state index contributed by atoms with van der Waals surface area (Å²) < 4.78 is 60.1. The van der Waals surface area contributed by atoms with E-state index in [4.69, 9.17) is 16.3 Å². The number of ether oxygens (including phenoxy) is 1. The molecule has 1 aliphatic rings. The number of rotatable bonds is 8. The van der Waals surface area contributed by atoms with Crippen LogP contribution in [0.2, 0.25) is 5.02 Å². The zero-order valence-electron chi connectivity index (χ0n) is 17.1. The summed E-state index contributed by atoms with van der Waals surface area (Å²) in [5.41, 5.74) is -0.681. The first-order valence-corrected chi connectivity index (χ1v) is 10.3. The maximum absolute atomic E-state index is 13.6. The summed E-state index contributed by atoms with van der Waals surface area (Å²) in [5.74, 6) is -1.14. The van der Waals surface area contributed by atoms with Crippen LogP contribution >= 0.6 is 24.0 Å². The average Bonchev–Trinajstić information content (AvgIpc) is 3.11. The molecular weight excluding hydrogens is 475 g/mol. The Morgan fingerprint density at radius 1 is 1.25 bits per heavy atom. The zero-order chi connectivity index (χ0) is 22.4. The van der Waals surface area contributed by atoms with Crippen LogP contribution in [0.25, 0.3) is 0 Å². The second-order valence-corrected chi connectivity index (χ2v) is 7.68. The molecule has 0 atom stereocenters. The second kappa shape index (κ2) is 11.8. The Morgan fingerprint density at radius 3 is 2.62 bits per heavy atom. The van der Waals surface area contributed by atoms with Crippen LogP contribution in [0.15, 0.2) is 24.4 Å². The molecule has 2 heterocycles. The third-order valence-electron chi connectivity index (χ3n) is 5.00. The summed E-state index contributed by atoms with van der Waals surface area (Å²) in [5, 5.41) is 9.70. The van der Waals surface area contributed by atoms with Gasteiger partial charge in [-0.2, -0.15) is 18.3 Å². The van der Waals surface area contributed by atoms with E-state index in [0.717, 1.165) is 29.8 Å². The Kier molecular flexibility index (Phi) is 9.75. The summed E-state index contributed by atoms with van der Waals surface area (Å²) in [6, 6.07) is 3.90. The lowest BCUT2D eigenvalue weighted by molar-refractivity contribution is -0.144. The van der Waals surface area contributed by atoms with Crippen molar-refractivity contribution >= 4 is 29.9 Å². The quantitative estimate of drug-likeness (QED) is 0.544. The minimum Gasteiger partial charge on any atom is -0.381 e. The van der Waals surface area contributed by atoms with Gasteiger partial charge in [0.2, 0.25) is 5.91 Å². The van der Waals surface area contributed by atoms with E-state index in [1.807, 2.05) is 0 Å². The van der Waals surface area contributed by atoms with Gasteiger partial charge in [0.15, 0.2) is 0 Å². The van der Waals surface area contributed by atoms with E-state index in [1.54, 1.807) is 0 Å². The number of hydrogen-bond donors (Lipinski definition) is 2. The predicted octanol–water partition coefficient (Wildman–Crippen LogP) is 3.74. The van der Waals surface area contributed by atoms with Gasteiger partial charge in [-0.05, 0) is 30.5 Å². The maximum atomic E-state index is 13.6. The number of benzene rings is 1. The van der Waals surface area contributed by atoms with Gasteiger partial charge in [-0.1, -0.05) is 17.7 Å². The summed E-state index contributed by atoms with van der Waals surface area (Å²) in [6.07, 6.45) is -2.43. The average molecular weight is 499 g/mol. The SMILES string of the molecule is Cl.O=C(Cc1cnn(CCNC2CCOCC2)c1C(F)(F)F)NCc1ccc(F)cc1Cl. The van der Waals surface area contributed by atoms with Crippen molar-refractivity contribution in [1.29, 1.82) is 0 Å². The molecule has 1 amide bonds. The van der Waals surface area contributed by atoms with Crippen LogP contribution in [-0.2, 0) is 35.2 Å². The molecular formula is C20H24Cl2F4N4O2. The normalized spacial score (nSPS) is 14.8. The van der Waals surface area contributed by atoms with Gasteiger partial charge in [-0.25, -0.2) is 4.39 Å². The Labute approximate surface area is 194 Å². The highest BCUT2D eigenvalue weighted by Gasteiger charge is 2.38. The van der Waals surface area contributed by atoms with Gasteiger partial charge in [-0.3, -0.25) is 9.48 Å². The highest BCUT2D eigenvalue weighted by atomic mass is 35.5. The molecule has 1 aromatic heterocycles. The van der Waals surface area contributed by atoms with Crippen LogP contribution in [0.3, 0.4) is 0 Å². The fraction of sp³-hybridized carbons (Fsp3) is 0.500. The molecule has 3 rings (SSSR count). The molecule has 32 heavy (non-hydrogen) atoms. The van der Waals surface area contributed by atoms with Gasteiger partial charge in [0, 0.05) is 42.9 Å². The highest BCUT2D eigenvalue weighted by Crippen LogP contribution is 2.32. The summed E-state index contributed by atoms with van der Waals surface area (Å²) in [6.45, 7) is 1.59. The van der Waals surface area contributed by atoms with Gasteiger partial charge in [-0.15, -0.1) is 12.4 Å². The van der Waals surface area contributed by atoms with E-state index in [2.05, 4.69) is 15.7 Å². The van der Waals surface area contributed by atoms with Crippen molar-refractivity contribution in [3.63, 3.8) is 0 Å². The number of halogens is 6. The topological polar surface area (TPSA) is 68.2 Å². The number of nitrogens with one attached hydrogen (secondary N) is 2.